The molecule has 0 saturated carbocycles. The normalized spacial score (nSPS) is 15.0. The van der Waals surface area contributed by atoms with Gasteiger partial charge < -0.3 is 15.1 Å². The average Bonchev–Trinajstić information content (AvgIpc) is 3.50. The molecule has 0 aliphatic carbocycles. The Kier molecular flexibility index (Phi) is 5.58. The number of aromatic nitrogens is 1. The molecule has 1 fully saturated rings. The maximum absolute atomic E-state index is 13.1. The van der Waals surface area contributed by atoms with Crippen molar-refractivity contribution in [2.75, 3.05) is 34.8 Å². The number of hydrogen-bond donors (Lipinski definition) is 1. The molecule has 5 rings (SSSR count). The van der Waals surface area contributed by atoms with Crippen molar-refractivity contribution in [2.45, 2.75) is 25.7 Å². The molecule has 3 heterocycles. The third-order valence-electron chi connectivity index (χ3n) is 6.19. The smallest absolute Gasteiger partial charge is 0.257 e. The highest BCUT2D eigenvalue weighted by molar-refractivity contribution is 6.08. The Morgan fingerprint density at radius 1 is 0.906 bits per heavy atom. The van der Waals surface area contributed by atoms with Gasteiger partial charge >= 0.3 is 0 Å². The van der Waals surface area contributed by atoms with E-state index in [4.69, 9.17) is 0 Å². The molecule has 0 radical (unpaired) electrons. The van der Waals surface area contributed by atoms with Gasteiger partial charge in [0, 0.05) is 48.6 Å². The fourth-order valence-corrected chi connectivity index (χ4v) is 4.59. The van der Waals surface area contributed by atoms with E-state index in [1.165, 1.54) is 0 Å². The van der Waals surface area contributed by atoms with E-state index in [0.29, 0.717) is 12.1 Å². The molecule has 162 valence electrons. The van der Waals surface area contributed by atoms with Gasteiger partial charge in [-0.3, -0.25) is 14.6 Å². The summed E-state index contributed by atoms with van der Waals surface area (Å²) in [5.74, 6) is -0.0627. The van der Waals surface area contributed by atoms with Crippen molar-refractivity contribution >= 4 is 28.9 Å². The SMILES string of the molecule is O=C(Nc1ccc2c(c1)CCN2C(=O)Cc1ccccn1)c1ccccc1N1CCCC1. The zero-order valence-electron chi connectivity index (χ0n) is 18.0. The predicted octanol–water partition coefficient (Wildman–Crippen LogP) is 4.07. The van der Waals surface area contributed by atoms with Gasteiger partial charge in [0.1, 0.15) is 0 Å². The summed E-state index contributed by atoms with van der Waals surface area (Å²) in [4.78, 5) is 34.2. The summed E-state index contributed by atoms with van der Waals surface area (Å²) in [7, 11) is 0. The lowest BCUT2D eigenvalue weighted by atomic mass is 10.1. The van der Waals surface area contributed by atoms with Crippen molar-refractivity contribution < 1.29 is 9.59 Å². The summed E-state index contributed by atoms with van der Waals surface area (Å²) in [6, 6.07) is 19.2. The Morgan fingerprint density at radius 3 is 2.53 bits per heavy atom. The number of hydrogen-bond acceptors (Lipinski definition) is 4. The number of benzene rings is 2. The van der Waals surface area contributed by atoms with Crippen molar-refractivity contribution in [3.8, 4) is 0 Å². The largest absolute Gasteiger partial charge is 0.371 e. The van der Waals surface area contributed by atoms with Crippen LogP contribution >= 0.6 is 0 Å². The number of rotatable bonds is 5. The summed E-state index contributed by atoms with van der Waals surface area (Å²) >= 11 is 0. The van der Waals surface area contributed by atoms with E-state index in [9.17, 15) is 9.59 Å². The van der Waals surface area contributed by atoms with Crippen LogP contribution in [-0.4, -0.2) is 36.4 Å². The second-order valence-electron chi connectivity index (χ2n) is 8.30. The van der Waals surface area contributed by atoms with Crippen LogP contribution in [0.25, 0.3) is 0 Å². The lowest BCUT2D eigenvalue weighted by Crippen LogP contribution is -2.30. The van der Waals surface area contributed by atoms with Gasteiger partial charge in [-0.2, -0.15) is 0 Å². The maximum atomic E-state index is 13.1. The van der Waals surface area contributed by atoms with E-state index in [1.54, 1.807) is 6.20 Å². The average molecular weight is 427 g/mol. The van der Waals surface area contributed by atoms with E-state index < -0.39 is 0 Å². The first-order valence-electron chi connectivity index (χ1n) is 11.2. The number of amides is 2. The molecule has 3 aromatic rings. The standard InChI is InChI=1S/C26H26N4O2/c31-25(18-20-7-3-4-13-27-20)30-16-12-19-17-21(10-11-23(19)30)28-26(32)22-8-1-2-9-24(22)29-14-5-6-15-29/h1-4,7-11,13,17H,5-6,12,14-16,18H2,(H,28,32). The quantitative estimate of drug-likeness (QED) is 0.668. The van der Waals surface area contributed by atoms with Crippen LogP contribution in [0.1, 0.15) is 34.5 Å². The minimum atomic E-state index is -0.103. The highest BCUT2D eigenvalue weighted by Crippen LogP contribution is 2.32. The lowest BCUT2D eigenvalue weighted by Gasteiger charge is -2.21. The van der Waals surface area contributed by atoms with Crippen LogP contribution in [0, 0.1) is 0 Å². The highest BCUT2D eigenvalue weighted by atomic mass is 16.2. The van der Waals surface area contributed by atoms with Gasteiger partial charge in [0.25, 0.3) is 5.91 Å². The van der Waals surface area contributed by atoms with E-state index in [-0.39, 0.29) is 18.2 Å². The molecule has 1 saturated heterocycles. The first-order valence-corrected chi connectivity index (χ1v) is 11.2. The molecule has 1 N–H and O–H groups in total. The van der Waals surface area contributed by atoms with Crippen molar-refractivity contribution in [1.82, 2.24) is 4.98 Å². The molecule has 2 aliphatic heterocycles. The number of anilines is 3. The minimum absolute atomic E-state index is 0.0405. The number of carbonyl (C=O) groups is 2. The number of nitrogens with one attached hydrogen (secondary N) is 1. The Hall–Kier alpha value is -3.67. The van der Waals surface area contributed by atoms with Crippen LogP contribution < -0.4 is 15.1 Å². The van der Waals surface area contributed by atoms with Crippen molar-refractivity contribution in [1.29, 1.82) is 0 Å². The fourth-order valence-electron chi connectivity index (χ4n) is 4.59. The molecule has 0 atom stereocenters. The zero-order chi connectivity index (χ0) is 21.9. The third kappa shape index (κ3) is 4.08. The van der Waals surface area contributed by atoms with Gasteiger partial charge in [0.05, 0.1) is 12.0 Å². The molecule has 0 spiro atoms. The number of fused-ring (bicyclic) bond motifs is 1. The monoisotopic (exact) mass is 426 g/mol. The second-order valence-corrected chi connectivity index (χ2v) is 8.30. The Balaban J connectivity index is 1.30. The summed E-state index contributed by atoms with van der Waals surface area (Å²) < 4.78 is 0. The Morgan fingerprint density at radius 2 is 1.72 bits per heavy atom. The Bertz CT molecular complexity index is 1140. The number of carbonyl (C=O) groups excluding carboxylic acids is 2. The first-order chi connectivity index (χ1) is 15.7. The van der Waals surface area contributed by atoms with Gasteiger partial charge in [-0.15, -0.1) is 0 Å². The Labute approximate surface area is 187 Å². The van der Waals surface area contributed by atoms with Crippen LogP contribution in [0.15, 0.2) is 66.9 Å². The maximum Gasteiger partial charge on any atom is 0.257 e. The molecule has 32 heavy (non-hydrogen) atoms. The van der Waals surface area contributed by atoms with Crippen LogP contribution in [-0.2, 0) is 17.6 Å². The van der Waals surface area contributed by atoms with Gasteiger partial charge in [0.15, 0.2) is 0 Å². The van der Waals surface area contributed by atoms with Crippen LogP contribution in [0.5, 0.6) is 0 Å². The second kappa shape index (κ2) is 8.83. The van der Waals surface area contributed by atoms with Crippen LogP contribution in [0.4, 0.5) is 17.1 Å². The minimum Gasteiger partial charge on any atom is -0.371 e. The van der Waals surface area contributed by atoms with Crippen LogP contribution in [0.2, 0.25) is 0 Å². The van der Waals surface area contributed by atoms with E-state index in [0.717, 1.165) is 60.7 Å². The molecule has 2 aliphatic rings. The molecule has 1 aromatic heterocycles. The highest BCUT2D eigenvalue weighted by Gasteiger charge is 2.26. The number of pyridine rings is 1. The molecule has 6 nitrogen and oxygen atoms in total. The summed E-state index contributed by atoms with van der Waals surface area (Å²) in [5.41, 5.74) is 5.21. The summed E-state index contributed by atoms with van der Waals surface area (Å²) in [6.45, 7) is 2.63. The summed E-state index contributed by atoms with van der Waals surface area (Å²) in [5, 5.41) is 3.06. The molecular weight excluding hydrogens is 400 g/mol. The van der Waals surface area contributed by atoms with Gasteiger partial charge in [0.2, 0.25) is 5.91 Å². The molecule has 0 unspecified atom stereocenters. The lowest BCUT2D eigenvalue weighted by molar-refractivity contribution is -0.117. The van der Waals surface area contributed by atoms with Gasteiger partial charge in [-0.05, 0) is 67.3 Å². The topological polar surface area (TPSA) is 65.5 Å². The zero-order valence-corrected chi connectivity index (χ0v) is 18.0. The fraction of sp³-hybridized carbons (Fsp3) is 0.269. The predicted molar refractivity (Wildman–Crippen MR) is 126 cm³/mol. The number of para-hydroxylation sites is 1. The molecule has 0 bridgehead atoms. The number of nitrogens with zero attached hydrogens (tertiary/aromatic N) is 3. The van der Waals surface area contributed by atoms with Crippen molar-refractivity contribution in [3.63, 3.8) is 0 Å². The molecular formula is C26H26N4O2. The van der Waals surface area contributed by atoms with Gasteiger partial charge in [-0.1, -0.05) is 18.2 Å². The van der Waals surface area contributed by atoms with Crippen LogP contribution in [0.3, 0.4) is 0 Å². The van der Waals surface area contributed by atoms with E-state index >= 15 is 0 Å². The van der Waals surface area contributed by atoms with E-state index in [1.807, 2.05) is 65.6 Å². The summed E-state index contributed by atoms with van der Waals surface area (Å²) in [6.07, 6.45) is 5.09. The van der Waals surface area contributed by atoms with Gasteiger partial charge in [-0.25, -0.2) is 0 Å². The molecule has 2 aromatic carbocycles. The molecule has 2 amide bonds. The molecule has 6 heteroatoms. The van der Waals surface area contributed by atoms with E-state index in [2.05, 4.69) is 15.2 Å². The first kappa shape index (κ1) is 20.2. The third-order valence-corrected chi connectivity index (χ3v) is 6.19. The van der Waals surface area contributed by atoms with Crippen molar-refractivity contribution in [2.24, 2.45) is 0 Å². The van der Waals surface area contributed by atoms with Crippen molar-refractivity contribution in [3.05, 3.63) is 83.7 Å².